The van der Waals surface area contributed by atoms with Gasteiger partial charge in [0.15, 0.2) is 0 Å². The fourth-order valence-electron chi connectivity index (χ4n) is 3.50. The topological polar surface area (TPSA) is 0 Å². The minimum absolute atomic E-state index is 1.16. The van der Waals surface area contributed by atoms with Gasteiger partial charge in [0.1, 0.15) is 0 Å². The van der Waals surface area contributed by atoms with Crippen LogP contribution in [0, 0.1) is 27.7 Å². The zero-order valence-electron chi connectivity index (χ0n) is 13.1. The van der Waals surface area contributed by atoms with Crippen molar-refractivity contribution in [3.63, 3.8) is 0 Å². The second-order valence-electron chi connectivity index (χ2n) is 6.41. The highest BCUT2D eigenvalue weighted by molar-refractivity contribution is 5.42. The minimum Gasteiger partial charge on any atom is -0.0558 e. The molecule has 0 N–H and O–H groups in total. The molecule has 2 aliphatic carbocycles. The Balaban J connectivity index is 2.11. The summed E-state index contributed by atoms with van der Waals surface area (Å²) < 4.78 is 0. The van der Waals surface area contributed by atoms with Crippen LogP contribution < -0.4 is 0 Å². The summed E-state index contributed by atoms with van der Waals surface area (Å²) in [6.45, 7) is 9.05. The van der Waals surface area contributed by atoms with Gasteiger partial charge in [-0.05, 0) is 97.9 Å². The van der Waals surface area contributed by atoms with Gasteiger partial charge in [-0.15, -0.1) is 0 Å². The van der Waals surface area contributed by atoms with E-state index in [2.05, 4.69) is 52.0 Å². The van der Waals surface area contributed by atoms with Gasteiger partial charge in [0.2, 0.25) is 0 Å². The largest absolute Gasteiger partial charge is 0.0558 e. The Morgan fingerprint density at radius 3 is 1.15 bits per heavy atom. The molecule has 0 amide bonds. The Morgan fingerprint density at radius 1 is 0.450 bits per heavy atom. The van der Waals surface area contributed by atoms with Gasteiger partial charge in [-0.3, -0.25) is 0 Å². The highest BCUT2D eigenvalue weighted by Gasteiger charge is 2.11. The van der Waals surface area contributed by atoms with Crippen LogP contribution in [-0.2, 0) is 25.7 Å². The molecule has 20 heavy (non-hydrogen) atoms. The van der Waals surface area contributed by atoms with Crippen LogP contribution in [0.2, 0.25) is 0 Å². The molecule has 0 nitrogen and oxygen atoms in total. The molecule has 4 rings (SSSR count). The molecule has 2 aromatic carbocycles. The molecule has 0 unspecified atom stereocenters. The number of hydrogen-bond donors (Lipinski definition) is 0. The van der Waals surface area contributed by atoms with Crippen molar-refractivity contribution in [3.8, 4) is 0 Å². The summed E-state index contributed by atoms with van der Waals surface area (Å²) >= 11 is 0. The Labute approximate surface area is 122 Å². The van der Waals surface area contributed by atoms with E-state index in [9.17, 15) is 0 Å². The lowest BCUT2D eigenvalue weighted by Crippen LogP contribution is -1.99. The summed E-state index contributed by atoms with van der Waals surface area (Å²) in [6, 6.07) is 9.67. The first-order chi connectivity index (χ1) is 9.54. The highest BCUT2D eigenvalue weighted by Crippen LogP contribution is 2.25. The van der Waals surface area contributed by atoms with E-state index in [1.807, 2.05) is 0 Å². The van der Waals surface area contributed by atoms with Crippen LogP contribution in [0.1, 0.15) is 44.5 Å². The maximum absolute atomic E-state index is 2.46. The van der Waals surface area contributed by atoms with E-state index in [1.54, 1.807) is 0 Å². The van der Waals surface area contributed by atoms with Crippen molar-refractivity contribution in [2.24, 2.45) is 0 Å². The van der Waals surface area contributed by atoms with Crippen molar-refractivity contribution >= 4 is 0 Å². The maximum Gasteiger partial charge on any atom is -0.0235 e. The molecule has 2 aromatic rings. The second kappa shape index (κ2) is 5.09. The Kier molecular flexibility index (Phi) is 3.41. The molecule has 0 radical (unpaired) electrons. The molecule has 0 saturated carbocycles. The van der Waals surface area contributed by atoms with Crippen LogP contribution in [0.5, 0.6) is 0 Å². The lowest BCUT2D eigenvalue weighted by atomic mass is 9.94. The predicted octanol–water partition coefficient (Wildman–Crippen LogP) is 4.80. The van der Waals surface area contributed by atoms with E-state index < -0.39 is 0 Å². The van der Waals surface area contributed by atoms with Crippen LogP contribution >= 0.6 is 0 Å². The standard InChI is InChI=1S/C20H24/c1-13-9-14(2)20-8-6-18-11-15(3)17(10-16(18)4)5-7-19(13)12-20/h9-12H,5-8H2,1-4H3. The zero-order valence-corrected chi connectivity index (χ0v) is 13.1. The van der Waals surface area contributed by atoms with Gasteiger partial charge < -0.3 is 0 Å². The summed E-state index contributed by atoms with van der Waals surface area (Å²) in [4.78, 5) is 0. The molecule has 0 aromatic heterocycles. The first-order valence-corrected chi connectivity index (χ1v) is 7.72. The predicted molar refractivity (Wildman–Crippen MR) is 86.6 cm³/mol. The average Bonchev–Trinajstić information content (AvgIpc) is 2.44. The summed E-state index contributed by atoms with van der Waals surface area (Å²) in [5, 5.41) is 0. The Morgan fingerprint density at radius 2 is 0.750 bits per heavy atom. The van der Waals surface area contributed by atoms with Gasteiger partial charge in [-0.2, -0.15) is 0 Å². The summed E-state index contributed by atoms with van der Waals surface area (Å²) in [7, 11) is 0. The first kappa shape index (κ1) is 13.4. The lowest BCUT2D eigenvalue weighted by molar-refractivity contribution is 0.928. The van der Waals surface area contributed by atoms with E-state index in [0.717, 1.165) is 12.8 Å². The monoisotopic (exact) mass is 264 g/mol. The second-order valence-corrected chi connectivity index (χ2v) is 6.41. The molecule has 0 heteroatoms. The van der Waals surface area contributed by atoms with Crippen LogP contribution in [0.4, 0.5) is 0 Å². The molecule has 0 heterocycles. The van der Waals surface area contributed by atoms with E-state index in [-0.39, 0.29) is 0 Å². The number of rotatable bonds is 0. The highest BCUT2D eigenvalue weighted by atomic mass is 14.2. The average molecular weight is 264 g/mol. The SMILES string of the molecule is Cc1cc2c(C)cc1CCc1cc(c(C)cc1C)CC2. The normalized spacial score (nSPS) is 14.2. The fourth-order valence-corrected chi connectivity index (χ4v) is 3.50. The van der Waals surface area contributed by atoms with Crippen LogP contribution in [0.15, 0.2) is 24.3 Å². The van der Waals surface area contributed by atoms with Crippen molar-refractivity contribution in [2.45, 2.75) is 53.4 Å². The maximum atomic E-state index is 2.46. The van der Waals surface area contributed by atoms with Crippen molar-refractivity contribution in [1.82, 2.24) is 0 Å². The summed E-state index contributed by atoms with van der Waals surface area (Å²) in [5.74, 6) is 0. The smallest absolute Gasteiger partial charge is 0.0235 e. The van der Waals surface area contributed by atoms with Crippen LogP contribution in [0.25, 0.3) is 0 Å². The number of fused-ring (bicyclic) bond motifs is 4. The number of aryl methyl sites for hydroxylation is 8. The van der Waals surface area contributed by atoms with Crippen molar-refractivity contribution in [3.05, 3.63) is 68.8 Å². The molecule has 0 saturated heterocycles. The molecule has 0 spiro atoms. The van der Waals surface area contributed by atoms with Gasteiger partial charge in [0.05, 0.1) is 0 Å². The third kappa shape index (κ3) is 2.40. The van der Waals surface area contributed by atoms with E-state index >= 15 is 0 Å². The molecule has 4 bridgehead atoms. The van der Waals surface area contributed by atoms with Crippen molar-refractivity contribution in [2.75, 3.05) is 0 Å². The number of benzene rings is 2. The quantitative estimate of drug-likeness (QED) is 0.641. The zero-order chi connectivity index (χ0) is 14.3. The first-order valence-electron chi connectivity index (χ1n) is 7.72. The van der Waals surface area contributed by atoms with Gasteiger partial charge in [-0.25, -0.2) is 0 Å². The molecule has 104 valence electrons. The van der Waals surface area contributed by atoms with Gasteiger partial charge >= 0.3 is 0 Å². The molecular formula is C20H24. The number of hydrogen-bond acceptors (Lipinski definition) is 0. The van der Waals surface area contributed by atoms with Crippen LogP contribution in [0.3, 0.4) is 0 Å². The van der Waals surface area contributed by atoms with Gasteiger partial charge in [0.25, 0.3) is 0 Å². The molecular weight excluding hydrogens is 240 g/mol. The molecule has 0 fully saturated rings. The molecule has 0 atom stereocenters. The third-order valence-electron chi connectivity index (χ3n) is 4.92. The van der Waals surface area contributed by atoms with E-state index in [4.69, 9.17) is 0 Å². The van der Waals surface area contributed by atoms with Crippen molar-refractivity contribution in [1.29, 1.82) is 0 Å². The summed E-state index contributed by atoms with van der Waals surface area (Å²) in [6.07, 6.45) is 4.66. The van der Waals surface area contributed by atoms with Crippen molar-refractivity contribution < 1.29 is 0 Å². The molecule has 0 aliphatic heterocycles. The fraction of sp³-hybridized carbons (Fsp3) is 0.400. The Bertz CT molecular complexity index is 607. The molecule has 2 aliphatic rings. The van der Waals surface area contributed by atoms with E-state index in [0.29, 0.717) is 0 Å². The lowest BCUT2D eigenvalue weighted by Gasteiger charge is -2.11. The Hall–Kier alpha value is -1.56. The summed E-state index contributed by atoms with van der Waals surface area (Å²) in [5.41, 5.74) is 12.0. The van der Waals surface area contributed by atoms with Crippen LogP contribution in [-0.4, -0.2) is 0 Å². The van der Waals surface area contributed by atoms with E-state index in [1.165, 1.54) is 57.3 Å². The van der Waals surface area contributed by atoms with Gasteiger partial charge in [0, 0.05) is 0 Å². The third-order valence-corrected chi connectivity index (χ3v) is 4.92. The van der Waals surface area contributed by atoms with Gasteiger partial charge in [-0.1, -0.05) is 24.3 Å². The minimum atomic E-state index is 1.16.